The molecule has 0 N–H and O–H groups in total. The van der Waals surface area contributed by atoms with Gasteiger partial charge in [0.05, 0.1) is 23.5 Å². The van der Waals surface area contributed by atoms with Crippen LogP contribution in [0, 0.1) is 0 Å². The number of halogens is 3. The van der Waals surface area contributed by atoms with Crippen LogP contribution in [0.3, 0.4) is 0 Å². The molecular weight excluding hydrogens is 315 g/mol. The zero-order valence-corrected chi connectivity index (χ0v) is 14.2. The van der Waals surface area contributed by atoms with Gasteiger partial charge in [-0.2, -0.15) is 18.3 Å². The minimum absolute atomic E-state index is 0.0297. The summed E-state index contributed by atoms with van der Waals surface area (Å²) in [6, 6.07) is 7.89. The maximum Gasteiger partial charge on any atom is 0.416 e. The van der Waals surface area contributed by atoms with Crippen LogP contribution in [0.4, 0.5) is 13.2 Å². The van der Waals surface area contributed by atoms with Crippen molar-refractivity contribution in [2.45, 2.75) is 52.0 Å². The summed E-state index contributed by atoms with van der Waals surface area (Å²) in [4.78, 5) is 2.05. The van der Waals surface area contributed by atoms with Crippen LogP contribution in [0.2, 0.25) is 0 Å². The largest absolute Gasteiger partial charge is 0.416 e. The third-order valence-corrected chi connectivity index (χ3v) is 4.36. The highest BCUT2D eigenvalue weighted by atomic mass is 19.4. The van der Waals surface area contributed by atoms with Gasteiger partial charge in [0.25, 0.3) is 0 Å². The van der Waals surface area contributed by atoms with Gasteiger partial charge in [0.15, 0.2) is 0 Å². The van der Waals surface area contributed by atoms with Crippen molar-refractivity contribution >= 4 is 0 Å². The monoisotopic (exact) mass is 337 g/mol. The van der Waals surface area contributed by atoms with E-state index < -0.39 is 11.7 Å². The number of aromatic nitrogens is 2. The van der Waals surface area contributed by atoms with Crippen molar-refractivity contribution in [1.82, 2.24) is 14.7 Å². The Balaban J connectivity index is 1.79. The molecule has 0 saturated carbocycles. The van der Waals surface area contributed by atoms with Crippen LogP contribution in [0.5, 0.6) is 0 Å². The summed E-state index contributed by atoms with van der Waals surface area (Å²) in [5.41, 5.74) is 1.84. The van der Waals surface area contributed by atoms with E-state index in [0.29, 0.717) is 31.7 Å². The van der Waals surface area contributed by atoms with E-state index >= 15 is 0 Å². The smallest absolute Gasteiger partial charge is 0.291 e. The van der Waals surface area contributed by atoms with Crippen molar-refractivity contribution in [3.63, 3.8) is 0 Å². The molecule has 0 aliphatic carbocycles. The summed E-state index contributed by atoms with van der Waals surface area (Å²) in [5.74, 6) is 0. The molecule has 1 aromatic heterocycles. The molecular formula is C18H22F3N3. The lowest BCUT2D eigenvalue weighted by atomic mass is 9.92. The first-order chi connectivity index (χ1) is 11.1. The van der Waals surface area contributed by atoms with Crippen LogP contribution in [-0.4, -0.2) is 21.2 Å². The molecule has 0 atom stereocenters. The molecule has 24 heavy (non-hydrogen) atoms. The first-order valence-electron chi connectivity index (χ1n) is 8.09. The molecule has 3 nitrogen and oxygen atoms in total. The normalized spacial score (nSPS) is 16.2. The van der Waals surface area contributed by atoms with Gasteiger partial charge in [-0.3, -0.25) is 9.58 Å². The Morgan fingerprint density at radius 1 is 1.08 bits per heavy atom. The summed E-state index contributed by atoms with van der Waals surface area (Å²) in [5, 5.41) is 4.63. The molecule has 0 radical (unpaired) electrons. The van der Waals surface area contributed by atoms with Gasteiger partial charge in [-0.05, 0) is 17.7 Å². The van der Waals surface area contributed by atoms with Crippen LogP contribution >= 0.6 is 0 Å². The quantitative estimate of drug-likeness (QED) is 0.818. The Hall–Kier alpha value is -1.82. The van der Waals surface area contributed by atoms with E-state index in [1.54, 1.807) is 12.1 Å². The third-order valence-electron chi connectivity index (χ3n) is 4.36. The fraction of sp³-hybridized carbons (Fsp3) is 0.500. The first kappa shape index (κ1) is 17.0. The SMILES string of the molecule is CC(C)(C)c1cc2n(n1)CCN(Cc1ccccc1C(F)(F)F)C2. The number of fused-ring (bicyclic) bond motifs is 1. The number of rotatable bonds is 2. The number of hydrogen-bond donors (Lipinski definition) is 0. The van der Waals surface area contributed by atoms with Crippen LogP contribution in [0.25, 0.3) is 0 Å². The average molecular weight is 337 g/mol. The van der Waals surface area contributed by atoms with E-state index in [1.807, 2.05) is 9.58 Å². The van der Waals surface area contributed by atoms with Gasteiger partial charge in [0.2, 0.25) is 0 Å². The van der Waals surface area contributed by atoms with Crippen molar-refractivity contribution in [2.75, 3.05) is 6.54 Å². The maximum absolute atomic E-state index is 13.1. The van der Waals surface area contributed by atoms with E-state index in [9.17, 15) is 13.2 Å². The summed E-state index contributed by atoms with van der Waals surface area (Å²) >= 11 is 0. The summed E-state index contributed by atoms with van der Waals surface area (Å²) in [6.07, 6.45) is -4.31. The second-order valence-corrected chi connectivity index (χ2v) is 7.36. The second-order valence-electron chi connectivity index (χ2n) is 7.36. The van der Waals surface area contributed by atoms with Gasteiger partial charge in [-0.25, -0.2) is 0 Å². The van der Waals surface area contributed by atoms with Crippen molar-refractivity contribution in [3.8, 4) is 0 Å². The molecule has 0 fully saturated rings. The van der Waals surface area contributed by atoms with Crippen molar-refractivity contribution in [2.24, 2.45) is 0 Å². The highest BCUT2D eigenvalue weighted by molar-refractivity contribution is 5.30. The molecule has 6 heteroatoms. The molecule has 0 saturated heterocycles. The lowest BCUT2D eigenvalue weighted by Gasteiger charge is -2.28. The standard InChI is InChI=1S/C18H22F3N3/c1-17(2,3)16-10-14-12-23(8-9-24(14)22-16)11-13-6-4-5-7-15(13)18(19,20)21/h4-7,10H,8-9,11-12H2,1-3H3. The van der Waals surface area contributed by atoms with Gasteiger partial charge < -0.3 is 0 Å². The molecule has 0 spiro atoms. The van der Waals surface area contributed by atoms with Gasteiger partial charge in [-0.1, -0.05) is 39.0 Å². The van der Waals surface area contributed by atoms with E-state index in [0.717, 1.165) is 17.5 Å². The lowest BCUT2D eigenvalue weighted by Crippen LogP contribution is -2.34. The lowest BCUT2D eigenvalue weighted by molar-refractivity contribution is -0.138. The molecule has 2 heterocycles. The summed E-state index contributed by atoms with van der Waals surface area (Å²) in [7, 11) is 0. The molecule has 1 aliphatic heterocycles. The van der Waals surface area contributed by atoms with Crippen molar-refractivity contribution in [3.05, 3.63) is 52.8 Å². The molecule has 0 amide bonds. The number of benzene rings is 1. The van der Waals surface area contributed by atoms with E-state index in [2.05, 4.69) is 31.9 Å². The van der Waals surface area contributed by atoms with Gasteiger partial charge in [-0.15, -0.1) is 0 Å². The Labute approximate surface area is 140 Å². The van der Waals surface area contributed by atoms with Crippen LogP contribution in [0.15, 0.2) is 30.3 Å². The molecule has 3 rings (SSSR count). The molecule has 2 aromatic rings. The van der Waals surface area contributed by atoms with E-state index in [4.69, 9.17) is 0 Å². The minimum Gasteiger partial charge on any atom is -0.291 e. The molecule has 0 bridgehead atoms. The van der Waals surface area contributed by atoms with Gasteiger partial charge in [0.1, 0.15) is 0 Å². The number of hydrogen-bond acceptors (Lipinski definition) is 2. The van der Waals surface area contributed by atoms with Gasteiger partial charge in [0, 0.05) is 25.0 Å². The maximum atomic E-state index is 13.1. The Bertz CT molecular complexity index is 726. The fourth-order valence-corrected chi connectivity index (χ4v) is 3.00. The van der Waals surface area contributed by atoms with Crippen LogP contribution in [-0.2, 0) is 31.2 Å². The Kier molecular flexibility index (Phi) is 4.20. The van der Waals surface area contributed by atoms with Gasteiger partial charge >= 0.3 is 6.18 Å². The molecule has 1 aliphatic rings. The highest BCUT2D eigenvalue weighted by Gasteiger charge is 2.33. The molecule has 1 aromatic carbocycles. The topological polar surface area (TPSA) is 21.1 Å². The molecule has 0 unspecified atom stereocenters. The average Bonchev–Trinajstić information content (AvgIpc) is 2.90. The number of nitrogens with zero attached hydrogens (tertiary/aromatic N) is 3. The second kappa shape index (κ2) is 5.92. The first-order valence-corrected chi connectivity index (χ1v) is 8.09. The summed E-state index contributed by atoms with van der Waals surface area (Å²) < 4.78 is 41.4. The minimum atomic E-state index is -4.31. The Morgan fingerprint density at radius 3 is 2.46 bits per heavy atom. The summed E-state index contributed by atoms with van der Waals surface area (Å²) in [6.45, 7) is 8.65. The van der Waals surface area contributed by atoms with Crippen LogP contribution < -0.4 is 0 Å². The van der Waals surface area contributed by atoms with Crippen molar-refractivity contribution < 1.29 is 13.2 Å². The fourth-order valence-electron chi connectivity index (χ4n) is 3.00. The predicted octanol–water partition coefficient (Wildman–Crippen LogP) is 4.22. The third kappa shape index (κ3) is 3.48. The van der Waals surface area contributed by atoms with Crippen LogP contribution in [0.1, 0.15) is 43.3 Å². The zero-order valence-electron chi connectivity index (χ0n) is 14.2. The predicted molar refractivity (Wildman–Crippen MR) is 86.5 cm³/mol. The van der Waals surface area contributed by atoms with E-state index in [1.165, 1.54) is 6.07 Å². The van der Waals surface area contributed by atoms with Crippen molar-refractivity contribution in [1.29, 1.82) is 0 Å². The van der Waals surface area contributed by atoms with E-state index in [-0.39, 0.29) is 5.41 Å². The zero-order chi connectivity index (χ0) is 17.5. The number of alkyl halides is 3. The Morgan fingerprint density at radius 2 is 1.79 bits per heavy atom. The highest BCUT2D eigenvalue weighted by Crippen LogP contribution is 2.33. The molecule has 130 valence electrons.